The summed E-state index contributed by atoms with van der Waals surface area (Å²) in [5, 5.41) is 23.1. The number of aliphatic hydroxyl groups excluding tert-OH is 2. The van der Waals surface area contributed by atoms with E-state index < -0.39 is 48.7 Å². The fourth-order valence-corrected chi connectivity index (χ4v) is 13.2. The Balaban J connectivity index is 0.000000182. The number of rotatable bonds is 14. The maximum Gasteiger partial charge on any atom is 0.207 e. The second-order valence-corrected chi connectivity index (χ2v) is 24.4. The molecule has 18 heteroatoms. The number of nitrogens with zero attached hydrogens (tertiary/aromatic N) is 6. The summed E-state index contributed by atoms with van der Waals surface area (Å²) in [7, 11) is -8.93. The Hall–Kier alpha value is -6.08. The van der Waals surface area contributed by atoms with Gasteiger partial charge >= 0.3 is 0 Å². The standard InChI is InChI=1S/C28H35N3O5S.C28H33N3O5S/c2*1-5-30-10-7-9-19-12-22-26(14-24(19)30)36-27-15-25-21(13-23(27)29-22)20(17-37(33,34)35)16-28(3,4)31(25)11-6-8-18(2)32/h12-15,20H,2,5-11,16-17H2,1,3-4H3,(H-,32,33,34,35);12-16H,2,5-11,17H2,1,3-4H3,(H-,32,33,34,35). The van der Waals surface area contributed by atoms with Crippen LogP contribution in [0.5, 0.6) is 23.0 Å². The van der Waals surface area contributed by atoms with Crippen LogP contribution < -0.4 is 49.9 Å². The third-order valence-corrected chi connectivity index (χ3v) is 16.6. The summed E-state index contributed by atoms with van der Waals surface area (Å²) in [6, 6.07) is 15.9. The Morgan fingerprint density at radius 2 is 1.23 bits per heavy atom. The molecule has 1 unspecified atom stereocenters. The lowest BCUT2D eigenvalue weighted by atomic mass is 9.79. The van der Waals surface area contributed by atoms with E-state index in [0.29, 0.717) is 90.7 Å². The second kappa shape index (κ2) is 20.2. The molecule has 6 aliphatic rings. The van der Waals surface area contributed by atoms with Gasteiger partial charge in [-0.2, -0.15) is 0 Å². The minimum absolute atomic E-state index is 0.123. The molecule has 0 saturated heterocycles. The number of allylic oxidation sites excluding steroid dienone is 2. The maximum absolute atomic E-state index is 11.8. The van der Waals surface area contributed by atoms with Crippen molar-refractivity contribution in [3.8, 4) is 23.0 Å². The summed E-state index contributed by atoms with van der Waals surface area (Å²) in [5.41, 5.74) is 6.33. The van der Waals surface area contributed by atoms with E-state index >= 15 is 0 Å². The van der Waals surface area contributed by atoms with Gasteiger partial charge in [-0.05, 0) is 109 Å². The van der Waals surface area contributed by atoms with E-state index in [9.17, 15) is 36.2 Å². The minimum atomic E-state index is -4.50. The van der Waals surface area contributed by atoms with Crippen LogP contribution in [-0.4, -0.2) is 98.0 Å². The topological polar surface area (TPSA) is 211 Å². The Labute approximate surface area is 434 Å². The highest BCUT2D eigenvalue weighted by Gasteiger charge is 2.40. The summed E-state index contributed by atoms with van der Waals surface area (Å²) in [4.78, 5) is 14.2. The van der Waals surface area contributed by atoms with Crippen LogP contribution in [0.25, 0.3) is 5.57 Å². The van der Waals surface area contributed by atoms with Gasteiger partial charge in [0, 0.05) is 96.2 Å². The summed E-state index contributed by atoms with van der Waals surface area (Å²) in [5.74, 6) is 1.37. The number of aryl methyl sites for hydroxylation is 2. The van der Waals surface area contributed by atoms with Gasteiger partial charge in [0.15, 0.2) is 23.0 Å². The van der Waals surface area contributed by atoms with Gasteiger partial charge in [0.1, 0.15) is 48.3 Å². The van der Waals surface area contributed by atoms with Gasteiger partial charge in [-0.25, -0.2) is 36.0 Å². The van der Waals surface area contributed by atoms with Crippen LogP contribution in [0.2, 0.25) is 0 Å². The van der Waals surface area contributed by atoms with Crippen molar-refractivity contribution in [2.75, 3.05) is 60.6 Å². The molecule has 0 aromatic heterocycles. The lowest BCUT2D eigenvalue weighted by molar-refractivity contribution is 0.355. The molecular weight excluding hydrogens is 981 g/mol. The molecule has 4 aromatic carbocycles. The van der Waals surface area contributed by atoms with Gasteiger partial charge < -0.3 is 38.6 Å². The molecule has 4 aromatic rings. The van der Waals surface area contributed by atoms with E-state index in [1.807, 2.05) is 44.2 Å². The number of benzene rings is 4. The highest BCUT2D eigenvalue weighted by atomic mass is 32.2. The molecule has 10 rings (SSSR count). The second-order valence-electron chi connectivity index (χ2n) is 21.5. The van der Waals surface area contributed by atoms with Crippen LogP contribution in [0, 0.1) is 0 Å². The summed E-state index contributed by atoms with van der Waals surface area (Å²) < 4.78 is 88.4. The van der Waals surface area contributed by atoms with E-state index in [2.05, 4.69) is 84.1 Å². The molecule has 1 atom stereocenters. The number of aliphatic hydroxyl groups is 2. The lowest BCUT2D eigenvalue weighted by Crippen LogP contribution is -2.50. The highest BCUT2D eigenvalue weighted by Crippen LogP contribution is 2.50. The first-order chi connectivity index (χ1) is 34.9. The smallest absolute Gasteiger partial charge is 0.207 e. The van der Waals surface area contributed by atoms with Crippen LogP contribution in [-0.2, 0) is 33.1 Å². The number of anilines is 2. The summed E-state index contributed by atoms with van der Waals surface area (Å²) in [6.07, 6.45) is 8.82. The molecule has 0 radical (unpaired) electrons. The predicted octanol–water partition coefficient (Wildman–Crippen LogP) is 7.25. The first-order valence-electron chi connectivity index (χ1n) is 25.8. The van der Waals surface area contributed by atoms with Crippen LogP contribution in [0.4, 0.5) is 22.7 Å². The summed E-state index contributed by atoms with van der Waals surface area (Å²) >= 11 is 0. The molecule has 0 amide bonds. The van der Waals surface area contributed by atoms with Gasteiger partial charge in [0.25, 0.3) is 0 Å². The number of ether oxygens (including phenoxy) is 2. The van der Waals surface area contributed by atoms with E-state index in [0.717, 1.165) is 79.5 Å². The Bertz CT molecular complexity index is 3520. The van der Waals surface area contributed by atoms with Gasteiger partial charge in [-0.1, -0.05) is 19.2 Å². The van der Waals surface area contributed by atoms with Crippen molar-refractivity contribution >= 4 is 48.6 Å². The summed E-state index contributed by atoms with van der Waals surface area (Å²) in [6.45, 7) is 24.7. The molecule has 0 aliphatic carbocycles. The molecular formula is C56H68N6O10S2. The van der Waals surface area contributed by atoms with Crippen LogP contribution in [0.1, 0.15) is 115 Å². The van der Waals surface area contributed by atoms with Crippen molar-refractivity contribution in [1.82, 2.24) is 9.15 Å². The Morgan fingerprint density at radius 3 is 1.73 bits per heavy atom. The van der Waals surface area contributed by atoms with Crippen LogP contribution >= 0.6 is 0 Å². The highest BCUT2D eigenvalue weighted by molar-refractivity contribution is 7.86. The molecule has 74 heavy (non-hydrogen) atoms. The molecule has 16 nitrogen and oxygen atoms in total. The van der Waals surface area contributed by atoms with Gasteiger partial charge in [0.05, 0.1) is 55.2 Å². The Morgan fingerprint density at radius 1 is 0.716 bits per heavy atom. The minimum Gasteiger partial charge on any atom is -0.748 e. The molecule has 6 heterocycles. The van der Waals surface area contributed by atoms with Gasteiger partial charge in [0.2, 0.25) is 10.7 Å². The molecule has 394 valence electrons. The van der Waals surface area contributed by atoms with Crippen LogP contribution in [0.3, 0.4) is 0 Å². The molecule has 0 spiro atoms. The van der Waals surface area contributed by atoms with Crippen molar-refractivity contribution in [3.63, 3.8) is 0 Å². The number of hydrogen-bond acceptors (Lipinski definition) is 14. The SMILES string of the molecule is C=C(O)CCCN1c2cc3c(cc2C(CS(=O)(=O)[O-])=CC1(C)C)N=c1cc2c(cc1O3)=[N+](CC)CCC2.C=C(O)CCCN1c2cc3c(cc2C(CS(=O)(=O)[O-])CC1(C)C)N=c1cc2c(cc1O3)=[N+](CC)CCC2. The van der Waals surface area contributed by atoms with Crippen molar-refractivity contribution in [3.05, 3.63) is 123 Å². The molecule has 0 saturated carbocycles. The molecule has 0 bridgehead atoms. The Kier molecular flexibility index (Phi) is 14.4. The largest absolute Gasteiger partial charge is 0.748 e. The first-order valence-corrected chi connectivity index (χ1v) is 28.9. The first kappa shape index (κ1) is 52.8. The fourth-order valence-electron chi connectivity index (χ4n) is 11.8. The number of fused-ring (bicyclic) bond motifs is 8. The third-order valence-electron chi connectivity index (χ3n) is 15.1. The van der Waals surface area contributed by atoms with Crippen molar-refractivity contribution < 1.29 is 45.6 Å². The maximum atomic E-state index is 11.8. The molecule has 2 N–H and O–H groups in total. The lowest BCUT2D eigenvalue weighted by Gasteiger charge is -2.48. The van der Waals surface area contributed by atoms with E-state index in [-0.39, 0.29) is 11.5 Å². The normalized spacial score (nSPS) is 18.5. The van der Waals surface area contributed by atoms with Crippen LogP contribution in [0.15, 0.2) is 89.3 Å². The number of hydrogen-bond donors (Lipinski definition) is 2. The van der Waals surface area contributed by atoms with Crippen molar-refractivity contribution in [1.29, 1.82) is 0 Å². The zero-order valence-corrected chi connectivity index (χ0v) is 45.0. The van der Waals surface area contributed by atoms with Gasteiger partial charge in [-0.3, -0.25) is 0 Å². The zero-order valence-electron chi connectivity index (χ0n) is 43.4. The molecule has 0 fully saturated rings. The fraction of sp³-hybridized carbons (Fsp3) is 0.464. The average molecular weight is 1050 g/mol. The third kappa shape index (κ3) is 11.1. The van der Waals surface area contributed by atoms with E-state index in [1.165, 1.54) is 21.8 Å². The van der Waals surface area contributed by atoms with Crippen molar-refractivity contribution in [2.24, 2.45) is 9.98 Å². The van der Waals surface area contributed by atoms with E-state index in [4.69, 9.17) is 19.5 Å². The van der Waals surface area contributed by atoms with Crippen molar-refractivity contribution in [2.45, 2.75) is 116 Å². The monoisotopic (exact) mass is 1050 g/mol. The zero-order chi connectivity index (χ0) is 53.1. The molecule has 6 aliphatic heterocycles. The quantitative estimate of drug-likeness (QED) is 0.0628. The van der Waals surface area contributed by atoms with E-state index in [1.54, 1.807) is 0 Å². The average Bonchev–Trinajstić information content (AvgIpc) is 3.30. The predicted molar refractivity (Wildman–Crippen MR) is 286 cm³/mol. The van der Waals surface area contributed by atoms with Gasteiger partial charge in [-0.15, -0.1) is 0 Å².